The van der Waals surface area contributed by atoms with Crippen LogP contribution in [-0.2, 0) is 10.0 Å². The van der Waals surface area contributed by atoms with Crippen LogP contribution in [0.2, 0.25) is 0 Å². The van der Waals surface area contributed by atoms with E-state index < -0.39 is 37.0 Å². The maximum atomic E-state index is 14.0. The van der Waals surface area contributed by atoms with Crippen molar-refractivity contribution in [3.05, 3.63) is 28.1 Å². The Bertz CT molecular complexity index is 669. The molecule has 1 aliphatic rings. The minimum absolute atomic E-state index is 0.257. The Morgan fingerprint density at radius 1 is 1.52 bits per heavy atom. The molecule has 1 aromatic carbocycles. The SMILES string of the molecule is CC1CC1CN(C)S(=O)(=O)c1c(N)cc([N+](=O)[O-])cc1F. The first-order valence-corrected chi connectivity index (χ1v) is 7.78. The summed E-state index contributed by atoms with van der Waals surface area (Å²) in [5.41, 5.74) is 4.47. The highest BCUT2D eigenvalue weighted by molar-refractivity contribution is 7.89. The maximum absolute atomic E-state index is 14.0. The van der Waals surface area contributed by atoms with Crippen LogP contribution in [0.3, 0.4) is 0 Å². The number of hydrogen-bond acceptors (Lipinski definition) is 5. The topological polar surface area (TPSA) is 107 Å². The van der Waals surface area contributed by atoms with Crippen molar-refractivity contribution >= 4 is 21.4 Å². The predicted octanol–water partition coefficient (Wildman–Crippen LogP) is 1.59. The van der Waals surface area contributed by atoms with Gasteiger partial charge in [0.1, 0.15) is 4.90 Å². The molecule has 1 fully saturated rings. The van der Waals surface area contributed by atoms with Crippen molar-refractivity contribution in [2.45, 2.75) is 18.2 Å². The van der Waals surface area contributed by atoms with Crippen LogP contribution in [0, 0.1) is 27.8 Å². The molecule has 2 rings (SSSR count). The molecular weight excluding hydrogens is 301 g/mol. The zero-order valence-electron chi connectivity index (χ0n) is 11.6. The van der Waals surface area contributed by atoms with E-state index in [1.165, 1.54) is 7.05 Å². The fourth-order valence-corrected chi connectivity index (χ4v) is 3.58. The summed E-state index contributed by atoms with van der Waals surface area (Å²) in [6.07, 6.45) is 0.929. The Hall–Kier alpha value is -1.74. The predicted molar refractivity (Wildman–Crippen MR) is 74.6 cm³/mol. The summed E-state index contributed by atoms with van der Waals surface area (Å²) in [5, 5.41) is 10.6. The number of nitro groups is 1. The molecule has 0 aromatic heterocycles. The van der Waals surface area contributed by atoms with E-state index in [0.717, 1.165) is 16.8 Å². The quantitative estimate of drug-likeness (QED) is 0.504. The number of rotatable bonds is 5. The van der Waals surface area contributed by atoms with Gasteiger partial charge in [-0.2, -0.15) is 0 Å². The van der Waals surface area contributed by atoms with Gasteiger partial charge in [0.2, 0.25) is 10.0 Å². The largest absolute Gasteiger partial charge is 0.397 e. The van der Waals surface area contributed by atoms with Crippen LogP contribution >= 0.6 is 0 Å². The highest BCUT2D eigenvalue weighted by Gasteiger charge is 2.37. The zero-order valence-corrected chi connectivity index (χ0v) is 12.4. The Labute approximate surface area is 121 Å². The molecule has 21 heavy (non-hydrogen) atoms. The van der Waals surface area contributed by atoms with Gasteiger partial charge in [0.15, 0.2) is 5.82 Å². The van der Waals surface area contributed by atoms with E-state index in [1.807, 2.05) is 6.92 Å². The molecule has 2 unspecified atom stereocenters. The summed E-state index contributed by atoms with van der Waals surface area (Å²) in [7, 11) is -2.76. The zero-order chi connectivity index (χ0) is 15.9. The molecule has 2 atom stereocenters. The van der Waals surface area contributed by atoms with Gasteiger partial charge in [0.05, 0.1) is 16.7 Å². The Morgan fingerprint density at radius 2 is 2.10 bits per heavy atom. The van der Waals surface area contributed by atoms with E-state index in [1.54, 1.807) is 0 Å². The van der Waals surface area contributed by atoms with Gasteiger partial charge in [-0.05, 0) is 18.3 Å². The molecule has 0 radical (unpaired) electrons. The third kappa shape index (κ3) is 2.98. The first-order valence-electron chi connectivity index (χ1n) is 6.34. The van der Waals surface area contributed by atoms with E-state index in [9.17, 15) is 22.9 Å². The summed E-state index contributed by atoms with van der Waals surface area (Å²) in [4.78, 5) is 9.08. The van der Waals surface area contributed by atoms with Crippen molar-refractivity contribution in [1.29, 1.82) is 0 Å². The van der Waals surface area contributed by atoms with Gasteiger partial charge in [-0.3, -0.25) is 10.1 Å². The third-order valence-corrected chi connectivity index (χ3v) is 5.62. The van der Waals surface area contributed by atoms with E-state index >= 15 is 0 Å². The normalized spacial score (nSPS) is 21.5. The summed E-state index contributed by atoms with van der Waals surface area (Å²) < 4.78 is 39.7. The molecule has 7 nitrogen and oxygen atoms in total. The van der Waals surface area contributed by atoms with Crippen molar-refractivity contribution in [3.63, 3.8) is 0 Å². The lowest BCUT2D eigenvalue weighted by atomic mass is 10.3. The number of nitrogen functional groups attached to an aromatic ring is 1. The van der Waals surface area contributed by atoms with Crippen molar-refractivity contribution in [2.24, 2.45) is 11.8 Å². The first-order chi connectivity index (χ1) is 9.64. The molecule has 0 spiro atoms. The van der Waals surface area contributed by atoms with Gasteiger partial charge >= 0.3 is 0 Å². The van der Waals surface area contributed by atoms with Gasteiger partial charge in [-0.15, -0.1) is 0 Å². The van der Waals surface area contributed by atoms with Crippen LogP contribution < -0.4 is 5.73 Å². The number of nitrogens with two attached hydrogens (primary N) is 1. The minimum atomic E-state index is -4.11. The lowest BCUT2D eigenvalue weighted by Gasteiger charge is -2.18. The summed E-state index contributed by atoms with van der Waals surface area (Å²) >= 11 is 0. The lowest BCUT2D eigenvalue weighted by Crippen LogP contribution is -2.30. The molecule has 9 heteroatoms. The van der Waals surface area contributed by atoms with E-state index in [4.69, 9.17) is 5.73 Å². The lowest BCUT2D eigenvalue weighted by molar-refractivity contribution is -0.385. The molecule has 0 saturated heterocycles. The van der Waals surface area contributed by atoms with Crippen LogP contribution in [0.25, 0.3) is 0 Å². The van der Waals surface area contributed by atoms with Crippen molar-refractivity contribution in [2.75, 3.05) is 19.3 Å². The minimum Gasteiger partial charge on any atom is -0.397 e. The van der Waals surface area contributed by atoms with Crippen molar-refractivity contribution in [3.8, 4) is 0 Å². The number of nitro benzene ring substituents is 1. The molecule has 0 amide bonds. The van der Waals surface area contributed by atoms with Crippen LogP contribution in [-0.4, -0.2) is 31.2 Å². The Balaban J connectivity index is 2.37. The molecule has 1 aromatic rings. The average Bonchev–Trinajstić information content (AvgIpc) is 3.03. The van der Waals surface area contributed by atoms with Crippen molar-refractivity contribution < 1.29 is 17.7 Å². The van der Waals surface area contributed by atoms with Crippen LogP contribution in [0.1, 0.15) is 13.3 Å². The number of nitrogens with zero attached hydrogens (tertiary/aromatic N) is 2. The van der Waals surface area contributed by atoms with Gasteiger partial charge in [0, 0.05) is 19.7 Å². The maximum Gasteiger partial charge on any atom is 0.274 e. The van der Waals surface area contributed by atoms with Gasteiger partial charge in [-0.1, -0.05) is 6.92 Å². The highest BCUT2D eigenvalue weighted by Crippen LogP contribution is 2.39. The third-order valence-electron chi connectivity index (χ3n) is 3.70. The number of hydrogen-bond donors (Lipinski definition) is 1. The second kappa shape index (κ2) is 5.23. The van der Waals surface area contributed by atoms with E-state index in [0.29, 0.717) is 12.0 Å². The number of halogens is 1. The van der Waals surface area contributed by atoms with Gasteiger partial charge < -0.3 is 5.73 Å². The molecule has 0 aliphatic heterocycles. The first kappa shape index (κ1) is 15.6. The summed E-state index contributed by atoms with van der Waals surface area (Å²) in [5.74, 6) is -0.508. The molecule has 0 bridgehead atoms. The standard InChI is InChI=1S/C12H16FN3O4S/c1-7-3-8(7)6-15(2)21(19,20)12-10(13)4-9(16(17)18)5-11(12)14/h4-5,7-8H,3,6,14H2,1-2H3. The second-order valence-electron chi connectivity index (χ2n) is 5.36. The number of sulfonamides is 1. The molecule has 0 heterocycles. The van der Waals surface area contributed by atoms with E-state index in [2.05, 4.69) is 0 Å². The molecule has 116 valence electrons. The fraction of sp³-hybridized carbons (Fsp3) is 0.500. The summed E-state index contributed by atoms with van der Waals surface area (Å²) in [6, 6.07) is 1.42. The van der Waals surface area contributed by atoms with Crippen molar-refractivity contribution in [1.82, 2.24) is 4.31 Å². The Morgan fingerprint density at radius 3 is 2.52 bits per heavy atom. The van der Waals surface area contributed by atoms with Crippen LogP contribution in [0.4, 0.5) is 15.8 Å². The number of non-ortho nitro benzene ring substituents is 1. The average molecular weight is 317 g/mol. The molecule has 1 aliphatic carbocycles. The molecular formula is C12H16FN3O4S. The fourth-order valence-electron chi connectivity index (χ4n) is 2.22. The second-order valence-corrected chi connectivity index (χ2v) is 7.34. The van der Waals surface area contributed by atoms with E-state index in [-0.39, 0.29) is 12.5 Å². The Kier molecular flexibility index (Phi) is 3.89. The molecule has 2 N–H and O–H groups in total. The highest BCUT2D eigenvalue weighted by atomic mass is 32.2. The monoisotopic (exact) mass is 317 g/mol. The van der Waals surface area contributed by atoms with Gasteiger partial charge in [-0.25, -0.2) is 17.1 Å². The summed E-state index contributed by atoms with van der Waals surface area (Å²) in [6.45, 7) is 2.28. The van der Waals surface area contributed by atoms with Crippen LogP contribution in [0.15, 0.2) is 17.0 Å². The van der Waals surface area contributed by atoms with Gasteiger partial charge in [0.25, 0.3) is 5.69 Å². The van der Waals surface area contributed by atoms with Crippen LogP contribution in [0.5, 0.6) is 0 Å². The molecule has 1 saturated carbocycles. The smallest absolute Gasteiger partial charge is 0.274 e. The number of benzene rings is 1. The number of anilines is 1.